The number of pyridine rings is 1. The summed E-state index contributed by atoms with van der Waals surface area (Å²) < 4.78 is 60.8. The number of ether oxygens (including phenoxy) is 2. The van der Waals surface area contributed by atoms with Crippen LogP contribution in [0.3, 0.4) is 0 Å². The lowest BCUT2D eigenvalue weighted by Gasteiger charge is -2.22. The van der Waals surface area contributed by atoms with Crippen LogP contribution < -0.4 is 20.3 Å². The molecule has 2 aromatic carbocycles. The Kier molecular flexibility index (Phi) is 4.69. The summed E-state index contributed by atoms with van der Waals surface area (Å²) in [7, 11) is 0. The molecule has 0 radical (unpaired) electrons. The number of halogens is 4. The van der Waals surface area contributed by atoms with Crippen LogP contribution >= 0.6 is 0 Å². The van der Waals surface area contributed by atoms with E-state index in [1.807, 2.05) is 0 Å². The molecule has 1 aromatic heterocycles. The summed E-state index contributed by atoms with van der Waals surface area (Å²) in [5.74, 6) is -1.32. The van der Waals surface area contributed by atoms with Gasteiger partial charge in [-0.1, -0.05) is 12.1 Å². The van der Waals surface area contributed by atoms with Gasteiger partial charge in [-0.3, -0.25) is 14.2 Å². The summed E-state index contributed by atoms with van der Waals surface area (Å²) in [5, 5.41) is 2.46. The fourth-order valence-corrected chi connectivity index (χ4v) is 3.01. The van der Waals surface area contributed by atoms with Crippen molar-refractivity contribution in [3.8, 4) is 28.3 Å². The molecule has 0 aliphatic carbocycles. The largest absolute Gasteiger partial charge is 0.573 e. The van der Waals surface area contributed by atoms with Crippen molar-refractivity contribution in [1.29, 1.82) is 0 Å². The molecule has 10 heteroatoms. The highest BCUT2D eigenvalue weighted by molar-refractivity contribution is 5.97. The summed E-state index contributed by atoms with van der Waals surface area (Å²) in [6.07, 6.45) is -3.44. The van der Waals surface area contributed by atoms with Crippen LogP contribution in [0.1, 0.15) is 0 Å². The number of nitrogens with one attached hydrogen (secondary N) is 1. The lowest BCUT2D eigenvalue weighted by molar-refractivity contribution is -0.274. The van der Waals surface area contributed by atoms with E-state index < -0.39 is 29.4 Å². The number of nitrogens with zero attached hydrogens (tertiary/aromatic N) is 1. The van der Waals surface area contributed by atoms with E-state index in [1.54, 1.807) is 0 Å². The molecule has 0 spiro atoms. The second-order valence-corrected chi connectivity index (χ2v) is 6.31. The number of alkyl halides is 3. The van der Waals surface area contributed by atoms with E-state index in [-0.39, 0.29) is 23.7 Å². The molecule has 0 bridgehead atoms. The molecule has 1 aliphatic heterocycles. The molecule has 154 valence electrons. The van der Waals surface area contributed by atoms with Crippen LogP contribution in [0, 0.1) is 5.82 Å². The molecule has 1 amide bonds. The number of rotatable bonds is 3. The van der Waals surface area contributed by atoms with Crippen LogP contribution in [0.25, 0.3) is 16.8 Å². The number of carbonyl (C=O) groups excluding carboxylic acids is 1. The number of hydrogen-bond donors (Lipinski definition) is 1. The first-order valence-corrected chi connectivity index (χ1v) is 8.56. The van der Waals surface area contributed by atoms with Crippen molar-refractivity contribution < 1.29 is 31.8 Å². The van der Waals surface area contributed by atoms with Crippen molar-refractivity contribution >= 4 is 11.6 Å². The third-order valence-electron chi connectivity index (χ3n) is 4.28. The minimum Gasteiger partial charge on any atom is -0.481 e. The van der Waals surface area contributed by atoms with Crippen LogP contribution in [0.5, 0.6) is 11.5 Å². The second-order valence-electron chi connectivity index (χ2n) is 6.31. The molecule has 0 atom stereocenters. The monoisotopic (exact) mass is 420 g/mol. The van der Waals surface area contributed by atoms with Gasteiger partial charge in [-0.2, -0.15) is 0 Å². The van der Waals surface area contributed by atoms with Crippen molar-refractivity contribution in [2.24, 2.45) is 0 Å². The van der Waals surface area contributed by atoms with Crippen molar-refractivity contribution in [2.45, 2.75) is 6.36 Å². The van der Waals surface area contributed by atoms with Gasteiger partial charge < -0.3 is 14.8 Å². The van der Waals surface area contributed by atoms with Gasteiger partial charge in [-0.25, -0.2) is 4.39 Å². The number of aromatic nitrogens is 1. The van der Waals surface area contributed by atoms with Gasteiger partial charge in [0.05, 0.1) is 0 Å². The third kappa shape index (κ3) is 3.84. The zero-order valence-electron chi connectivity index (χ0n) is 15.0. The van der Waals surface area contributed by atoms with E-state index >= 15 is 0 Å². The molecular formula is C20H12F4N2O4. The summed E-state index contributed by atoms with van der Waals surface area (Å²) in [5.41, 5.74) is 0.354. The SMILES string of the molecule is O=C1COc2c(-c3ccc(F)cc3)cn(-c3ccc(OC(F)(F)F)cc3)c(=O)c2N1. The highest BCUT2D eigenvalue weighted by atomic mass is 19.4. The first-order valence-electron chi connectivity index (χ1n) is 8.56. The summed E-state index contributed by atoms with van der Waals surface area (Å²) in [6.45, 7) is -0.297. The van der Waals surface area contributed by atoms with E-state index in [1.165, 1.54) is 42.6 Å². The highest BCUT2D eigenvalue weighted by Crippen LogP contribution is 2.37. The molecule has 1 aliphatic rings. The Morgan fingerprint density at radius 2 is 1.67 bits per heavy atom. The fraction of sp³-hybridized carbons (Fsp3) is 0.100. The first-order chi connectivity index (χ1) is 14.2. The maximum absolute atomic E-state index is 13.3. The van der Waals surface area contributed by atoms with Crippen LogP contribution in [0.15, 0.2) is 59.5 Å². The predicted octanol–water partition coefficient (Wildman–Crippen LogP) is 3.87. The zero-order valence-corrected chi connectivity index (χ0v) is 15.0. The number of fused-ring (bicyclic) bond motifs is 1. The Morgan fingerprint density at radius 1 is 1.00 bits per heavy atom. The van der Waals surface area contributed by atoms with E-state index in [0.29, 0.717) is 11.1 Å². The van der Waals surface area contributed by atoms with Gasteiger partial charge in [0.1, 0.15) is 11.6 Å². The van der Waals surface area contributed by atoms with E-state index in [2.05, 4.69) is 10.1 Å². The van der Waals surface area contributed by atoms with Crippen LogP contribution in [0.2, 0.25) is 0 Å². The van der Waals surface area contributed by atoms with Crippen LogP contribution in [-0.2, 0) is 4.79 Å². The summed E-state index contributed by atoms with van der Waals surface area (Å²) in [4.78, 5) is 24.6. The molecule has 0 saturated carbocycles. The lowest BCUT2D eigenvalue weighted by atomic mass is 10.0. The Balaban J connectivity index is 1.85. The predicted molar refractivity (Wildman–Crippen MR) is 98.2 cm³/mol. The zero-order chi connectivity index (χ0) is 21.5. The maximum Gasteiger partial charge on any atom is 0.573 e. The van der Waals surface area contributed by atoms with Crippen molar-refractivity contribution in [3.63, 3.8) is 0 Å². The van der Waals surface area contributed by atoms with Crippen molar-refractivity contribution in [1.82, 2.24) is 4.57 Å². The number of hydrogen-bond acceptors (Lipinski definition) is 4. The van der Waals surface area contributed by atoms with Gasteiger partial charge in [0.25, 0.3) is 11.5 Å². The molecule has 4 rings (SSSR count). The molecular weight excluding hydrogens is 408 g/mol. The number of benzene rings is 2. The van der Waals surface area contributed by atoms with Gasteiger partial charge in [0.15, 0.2) is 18.0 Å². The van der Waals surface area contributed by atoms with Gasteiger partial charge >= 0.3 is 6.36 Å². The van der Waals surface area contributed by atoms with E-state index in [9.17, 15) is 27.2 Å². The first kappa shape index (κ1) is 19.5. The average Bonchev–Trinajstić information content (AvgIpc) is 2.69. The molecule has 0 unspecified atom stereocenters. The van der Waals surface area contributed by atoms with Crippen LogP contribution in [0.4, 0.5) is 23.2 Å². The van der Waals surface area contributed by atoms with Crippen molar-refractivity contribution in [3.05, 3.63) is 70.9 Å². The van der Waals surface area contributed by atoms with Gasteiger partial charge in [0, 0.05) is 17.4 Å². The van der Waals surface area contributed by atoms with E-state index in [0.717, 1.165) is 16.7 Å². The Hall–Kier alpha value is -3.82. The number of amides is 1. The number of anilines is 1. The quantitative estimate of drug-likeness (QED) is 0.654. The standard InChI is InChI=1S/C20H12F4N2O4/c21-12-3-1-11(2-4-12)15-9-26(19(28)17-18(15)29-10-16(27)25-17)13-5-7-14(8-6-13)30-20(22,23)24/h1-9H,10H2,(H,25,27). The lowest BCUT2D eigenvalue weighted by Crippen LogP contribution is -2.33. The Labute approximate surface area is 166 Å². The van der Waals surface area contributed by atoms with Gasteiger partial charge in [-0.15, -0.1) is 13.2 Å². The van der Waals surface area contributed by atoms with Gasteiger partial charge in [0.2, 0.25) is 0 Å². The molecule has 6 nitrogen and oxygen atoms in total. The maximum atomic E-state index is 13.3. The van der Waals surface area contributed by atoms with Crippen molar-refractivity contribution in [2.75, 3.05) is 11.9 Å². The Bertz CT molecular complexity index is 1170. The fourth-order valence-electron chi connectivity index (χ4n) is 3.01. The molecule has 0 fully saturated rings. The minimum absolute atomic E-state index is 0.122. The third-order valence-corrected chi connectivity index (χ3v) is 4.28. The molecule has 3 aromatic rings. The highest BCUT2D eigenvalue weighted by Gasteiger charge is 2.31. The Morgan fingerprint density at radius 3 is 2.30 bits per heavy atom. The summed E-state index contributed by atoms with van der Waals surface area (Å²) >= 11 is 0. The summed E-state index contributed by atoms with van der Waals surface area (Å²) in [6, 6.07) is 10.0. The average molecular weight is 420 g/mol. The molecule has 0 saturated heterocycles. The molecule has 2 heterocycles. The van der Waals surface area contributed by atoms with E-state index in [4.69, 9.17) is 4.74 Å². The van der Waals surface area contributed by atoms with Gasteiger partial charge in [-0.05, 0) is 42.0 Å². The smallest absolute Gasteiger partial charge is 0.481 e. The molecule has 30 heavy (non-hydrogen) atoms. The van der Waals surface area contributed by atoms with Crippen LogP contribution in [-0.4, -0.2) is 23.4 Å². The molecule has 1 N–H and O–H groups in total. The number of carbonyl (C=O) groups is 1. The normalized spacial score (nSPS) is 13.3. The second kappa shape index (κ2) is 7.21. The minimum atomic E-state index is -4.85. The topological polar surface area (TPSA) is 69.6 Å².